The number of nitrogens with zero attached hydrogens (tertiary/aromatic N) is 1. The zero-order valence-electron chi connectivity index (χ0n) is 15.5. The van der Waals surface area contributed by atoms with Gasteiger partial charge in [-0.15, -0.1) is 0 Å². The Morgan fingerprint density at radius 3 is 2.62 bits per heavy atom. The first kappa shape index (κ1) is 18.4. The number of carbonyl (C=O) groups excluding carboxylic acids is 2. The van der Waals surface area contributed by atoms with Crippen LogP contribution in [0.15, 0.2) is 17.1 Å². The van der Waals surface area contributed by atoms with E-state index < -0.39 is 11.9 Å². The number of ether oxygens (including phenoxy) is 3. The number of Topliss-reactive ketones (excluding diaryl/α,β-unsaturated/α-hetero) is 1. The molecule has 0 spiro atoms. The normalized spacial score (nSPS) is 22.3. The van der Waals surface area contributed by atoms with Gasteiger partial charge in [0.2, 0.25) is 0 Å². The van der Waals surface area contributed by atoms with Gasteiger partial charge in [-0.1, -0.05) is 0 Å². The fraction of sp³-hybridized carbons (Fsp3) is 0.550. The van der Waals surface area contributed by atoms with Gasteiger partial charge < -0.3 is 14.2 Å². The second kappa shape index (κ2) is 7.89. The number of carbonyl (C=O) groups is 2. The van der Waals surface area contributed by atoms with Gasteiger partial charge in [-0.05, 0) is 43.9 Å². The van der Waals surface area contributed by atoms with Crippen molar-refractivity contribution < 1.29 is 23.8 Å². The zero-order chi connectivity index (χ0) is 18.7. The summed E-state index contributed by atoms with van der Waals surface area (Å²) in [7, 11) is 3.23. The molecule has 6 nitrogen and oxygen atoms in total. The molecule has 0 bridgehead atoms. The maximum atomic E-state index is 12.2. The summed E-state index contributed by atoms with van der Waals surface area (Å²) in [5.41, 5.74) is 3.17. The van der Waals surface area contributed by atoms with Crippen LogP contribution in [0.1, 0.15) is 37.3 Å². The number of fused-ring (bicyclic) bond motifs is 1. The van der Waals surface area contributed by atoms with Crippen molar-refractivity contribution in [1.82, 2.24) is 0 Å². The number of rotatable bonds is 5. The van der Waals surface area contributed by atoms with Crippen LogP contribution in [0.25, 0.3) is 0 Å². The van der Waals surface area contributed by atoms with Crippen molar-refractivity contribution in [2.24, 2.45) is 16.8 Å². The van der Waals surface area contributed by atoms with Gasteiger partial charge in [-0.2, -0.15) is 0 Å². The van der Waals surface area contributed by atoms with Crippen molar-refractivity contribution in [3.63, 3.8) is 0 Å². The predicted molar refractivity (Wildman–Crippen MR) is 97.1 cm³/mol. The highest BCUT2D eigenvalue weighted by molar-refractivity contribution is 6.07. The second-order valence-electron chi connectivity index (χ2n) is 6.62. The molecule has 2 unspecified atom stereocenters. The smallest absolute Gasteiger partial charge is 0.316 e. The summed E-state index contributed by atoms with van der Waals surface area (Å²) in [5, 5.41) is 0. The standard InChI is InChI=1S/C20H25NO5/c1-4-26-20(23)15-9-13(5-6-16(15)22)19-14-11-18(25-3)17(24-2)10-12(14)7-8-21-19/h10-11,13,15H,4-9H2,1-3H3. The second-order valence-corrected chi connectivity index (χ2v) is 6.62. The zero-order valence-corrected chi connectivity index (χ0v) is 15.5. The van der Waals surface area contributed by atoms with Gasteiger partial charge in [0.1, 0.15) is 11.7 Å². The average molecular weight is 359 g/mol. The van der Waals surface area contributed by atoms with E-state index in [0.29, 0.717) is 37.3 Å². The minimum absolute atomic E-state index is 0.0244. The third kappa shape index (κ3) is 3.45. The molecule has 1 saturated carbocycles. The Bertz CT molecular complexity index is 740. The number of hydrogen-bond donors (Lipinski definition) is 0. The molecule has 0 aromatic heterocycles. The van der Waals surface area contributed by atoms with Crippen LogP contribution in [0.2, 0.25) is 0 Å². The summed E-state index contributed by atoms with van der Waals surface area (Å²) in [4.78, 5) is 29.1. The van der Waals surface area contributed by atoms with E-state index in [4.69, 9.17) is 19.2 Å². The Labute approximate surface area is 153 Å². The molecule has 1 heterocycles. The third-order valence-electron chi connectivity index (χ3n) is 5.15. The first-order valence-corrected chi connectivity index (χ1v) is 9.08. The van der Waals surface area contributed by atoms with Crippen LogP contribution in [0, 0.1) is 11.8 Å². The molecule has 2 aliphatic rings. The molecule has 1 aliphatic carbocycles. The number of aliphatic imine (C=N–C) groups is 1. The van der Waals surface area contributed by atoms with Crippen LogP contribution in [0.4, 0.5) is 0 Å². The molecule has 0 amide bonds. The van der Waals surface area contributed by atoms with Gasteiger partial charge in [-0.3, -0.25) is 14.6 Å². The van der Waals surface area contributed by atoms with E-state index in [1.165, 1.54) is 0 Å². The first-order chi connectivity index (χ1) is 12.6. The maximum Gasteiger partial charge on any atom is 0.316 e. The molecule has 2 atom stereocenters. The molecule has 1 fully saturated rings. The van der Waals surface area contributed by atoms with E-state index in [1.54, 1.807) is 21.1 Å². The average Bonchev–Trinajstić information content (AvgIpc) is 2.66. The minimum atomic E-state index is -0.679. The van der Waals surface area contributed by atoms with Crippen LogP contribution in [-0.4, -0.2) is 44.8 Å². The van der Waals surface area contributed by atoms with Gasteiger partial charge in [0, 0.05) is 30.2 Å². The molecule has 1 aliphatic heterocycles. The molecule has 6 heteroatoms. The lowest BCUT2D eigenvalue weighted by atomic mass is 9.75. The topological polar surface area (TPSA) is 74.2 Å². The van der Waals surface area contributed by atoms with Gasteiger partial charge in [0.05, 0.1) is 20.8 Å². The van der Waals surface area contributed by atoms with Gasteiger partial charge in [0.15, 0.2) is 11.5 Å². The Balaban J connectivity index is 1.90. The molecule has 0 N–H and O–H groups in total. The highest BCUT2D eigenvalue weighted by Crippen LogP contribution is 2.37. The summed E-state index contributed by atoms with van der Waals surface area (Å²) in [6, 6.07) is 3.96. The summed E-state index contributed by atoms with van der Waals surface area (Å²) >= 11 is 0. The molecular formula is C20H25NO5. The fourth-order valence-corrected chi connectivity index (χ4v) is 3.84. The van der Waals surface area contributed by atoms with Crippen LogP contribution in [0.5, 0.6) is 11.5 Å². The fourth-order valence-electron chi connectivity index (χ4n) is 3.84. The predicted octanol–water partition coefficient (Wildman–Crippen LogP) is 2.60. The number of benzene rings is 1. The summed E-state index contributed by atoms with van der Waals surface area (Å²) in [6.45, 7) is 2.74. The summed E-state index contributed by atoms with van der Waals surface area (Å²) in [5.74, 6) is 0.321. The van der Waals surface area contributed by atoms with E-state index in [2.05, 4.69) is 0 Å². The number of hydrogen-bond acceptors (Lipinski definition) is 6. The van der Waals surface area contributed by atoms with E-state index in [0.717, 1.165) is 23.3 Å². The summed E-state index contributed by atoms with van der Waals surface area (Å²) in [6.07, 6.45) is 2.40. The van der Waals surface area contributed by atoms with Crippen molar-refractivity contribution in [3.8, 4) is 11.5 Å². The van der Waals surface area contributed by atoms with Gasteiger partial charge >= 0.3 is 5.97 Å². The Morgan fingerprint density at radius 1 is 1.19 bits per heavy atom. The lowest BCUT2D eigenvalue weighted by Gasteiger charge is -2.30. The molecule has 26 heavy (non-hydrogen) atoms. The van der Waals surface area contributed by atoms with Crippen LogP contribution in [0.3, 0.4) is 0 Å². The minimum Gasteiger partial charge on any atom is -0.493 e. The van der Waals surface area contributed by atoms with Crippen molar-refractivity contribution in [1.29, 1.82) is 0 Å². The largest absolute Gasteiger partial charge is 0.493 e. The quantitative estimate of drug-likeness (QED) is 0.597. The first-order valence-electron chi connectivity index (χ1n) is 9.08. The maximum absolute atomic E-state index is 12.2. The van der Waals surface area contributed by atoms with E-state index in [-0.39, 0.29) is 18.3 Å². The van der Waals surface area contributed by atoms with E-state index >= 15 is 0 Å². The lowest BCUT2D eigenvalue weighted by molar-refractivity contribution is -0.153. The molecular weight excluding hydrogens is 334 g/mol. The Hall–Kier alpha value is -2.37. The van der Waals surface area contributed by atoms with Crippen molar-refractivity contribution in [3.05, 3.63) is 23.3 Å². The van der Waals surface area contributed by atoms with Crippen molar-refractivity contribution >= 4 is 17.5 Å². The Morgan fingerprint density at radius 2 is 1.92 bits per heavy atom. The molecule has 3 rings (SSSR count). The van der Waals surface area contributed by atoms with Gasteiger partial charge in [0.25, 0.3) is 0 Å². The monoisotopic (exact) mass is 359 g/mol. The van der Waals surface area contributed by atoms with Crippen LogP contribution < -0.4 is 9.47 Å². The SMILES string of the molecule is CCOC(=O)C1CC(C2=NCCc3cc(OC)c(OC)cc32)CCC1=O. The molecule has 0 radical (unpaired) electrons. The Kier molecular flexibility index (Phi) is 5.59. The highest BCUT2D eigenvalue weighted by atomic mass is 16.5. The van der Waals surface area contributed by atoms with Gasteiger partial charge in [-0.25, -0.2) is 0 Å². The lowest BCUT2D eigenvalue weighted by Crippen LogP contribution is -2.36. The van der Waals surface area contributed by atoms with E-state index in [1.807, 2.05) is 12.1 Å². The molecule has 140 valence electrons. The highest BCUT2D eigenvalue weighted by Gasteiger charge is 2.38. The number of methoxy groups -OCH3 is 2. The molecule has 1 aromatic carbocycles. The van der Waals surface area contributed by atoms with Crippen molar-refractivity contribution in [2.45, 2.75) is 32.6 Å². The van der Waals surface area contributed by atoms with Crippen LogP contribution in [-0.2, 0) is 20.7 Å². The van der Waals surface area contributed by atoms with Crippen LogP contribution >= 0.6 is 0 Å². The number of ketones is 1. The molecule has 1 aromatic rings. The third-order valence-corrected chi connectivity index (χ3v) is 5.15. The van der Waals surface area contributed by atoms with E-state index in [9.17, 15) is 9.59 Å². The number of esters is 1. The molecule has 0 saturated heterocycles. The van der Waals surface area contributed by atoms with Crippen molar-refractivity contribution in [2.75, 3.05) is 27.4 Å². The summed E-state index contributed by atoms with van der Waals surface area (Å²) < 4.78 is 15.9.